The summed E-state index contributed by atoms with van der Waals surface area (Å²) in [6.45, 7) is 0.520. The lowest BCUT2D eigenvalue weighted by atomic mass is 9.98. The second kappa shape index (κ2) is 9.52. The molecule has 8 heteroatoms. The Morgan fingerprint density at radius 3 is 2.59 bits per heavy atom. The van der Waals surface area contributed by atoms with E-state index in [9.17, 15) is 9.90 Å². The molecule has 5 rings (SSSR count). The lowest BCUT2D eigenvalue weighted by Gasteiger charge is -2.23. The molecule has 1 aliphatic rings. The molecule has 0 bridgehead atoms. The van der Waals surface area contributed by atoms with E-state index >= 15 is 0 Å². The zero-order valence-electron chi connectivity index (χ0n) is 18.6. The molecule has 34 heavy (non-hydrogen) atoms. The highest BCUT2D eigenvalue weighted by Gasteiger charge is 2.36. The Morgan fingerprint density at radius 1 is 1.06 bits per heavy atom. The number of thioether (sulfide) groups is 1. The number of nitrogens with zero attached hydrogens (tertiary/aromatic N) is 5. The SMILES string of the molecule is CSc1ncc(C(=O)N2N=C(c3cccnc3)CC2c2ccccc2O)n1Cc1ccccc1. The number of hydrogen-bond acceptors (Lipinski definition) is 6. The van der Waals surface area contributed by atoms with Crippen molar-refractivity contribution in [2.75, 3.05) is 6.26 Å². The van der Waals surface area contributed by atoms with Crippen LogP contribution in [0.25, 0.3) is 0 Å². The van der Waals surface area contributed by atoms with Crippen LogP contribution in [0.4, 0.5) is 0 Å². The number of rotatable bonds is 6. The molecule has 7 nitrogen and oxygen atoms in total. The third-order valence-corrected chi connectivity index (χ3v) is 6.50. The van der Waals surface area contributed by atoms with E-state index < -0.39 is 6.04 Å². The third kappa shape index (κ3) is 4.20. The number of imidazole rings is 1. The van der Waals surface area contributed by atoms with Crippen LogP contribution in [0.5, 0.6) is 5.75 Å². The monoisotopic (exact) mass is 469 g/mol. The number of amides is 1. The molecular weight excluding hydrogens is 446 g/mol. The molecule has 1 unspecified atom stereocenters. The van der Waals surface area contributed by atoms with Crippen molar-refractivity contribution in [3.05, 3.63) is 108 Å². The maximum atomic E-state index is 13.9. The first kappa shape index (κ1) is 21.9. The van der Waals surface area contributed by atoms with E-state index in [-0.39, 0.29) is 11.7 Å². The number of aromatic nitrogens is 3. The summed E-state index contributed by atoms with van der Waals surface area (Å²) < 4.78 is 1.92. The van der Waals surface area contributed by atoms with Gasteiger partial charge in [0.2, 0.25) is 0 Å². The summed E-state index contributed by atoms with van der Waals surface area (Å²) in [7, 11) is 0. The smallest absolute Gasteiger partial charge is 0.292 e. The summed E-state index contributed by atoms with van der Waals surface area (Å²) in [6.07, 6.45) is 7.46. The van der Waals surface area contributed by atoms with Crippen molar-refractivity contribution in [3.8, 4) is 5.75 Å². The van der Waals surface area contributed by atoms with Crippen molar-refractivity contribution >= 4 is 23.4 Å². The summed E-state index contributed by atoms with van der Waals surface area (Å²) in [5.74, 6) is -0.133. The van der Waals surface area contributed by atoms with Gasteiger partial charge in [-0.1, -0.05) is 66.4 Å². The molecule has 1 N–H and O–H groups in total. The fourth-order valence-electron chi connectivity index (χ4n) is 4.15. The number of aromatic hydroxyl groups is 1. The molecule has 1 aliphatic heterocycles. The average molecular weight is 470 g/mol. The second-order valence-electron chi connectivity index (χ2n) is 7.92. The highest BCUT2D eigenvalue weighted by molar-refractivity contribution is 7.98. The van der Waals surface area contributed by atoms with Gasteiger partial charge in [0.1, 0.15) is 11.4 Å². The van der Waals surface area contributed by atoms with E-state index in [2.05, 4.69) is 9.97 Å². The number of phenols is 1. The van der Waals surface area contributed by atoms with Crippen LogP contribution in [-0.2, 0) is 6.54 Å². The molecule has 0 saturated carbocycles. The van der Waals surface area contributed by atoms with Gasteiger partial charge in [-0.15, -0.1) is 0 Å². The number of phenolic OH excluding ortho intramolecular Hbond substituents is 1. The number of carbonyl (C=O) groups excluding carboxylic acids is 1. The zero-order chi connectivity index (χ0) is 23.5. The number of pyridine rings is 1. The lowest BCUT2D eigenvalue weighted by Crippen LogP contribution is -2.29. The topological polar surface area (TPSA) is 83.6 Å². The maximum Gasteiger partial charge on any atom is 0.292 e. The van der Waals surface area contributed by atoms with Crippen LogP contribution in [0.15, 0.2) is 95.6 Å². The van der Waals surface area contributed by atoms with Gasteiger partial charge in [-0.25, -0.2) is 9.99 Å². The first-order chi connectivity index (χ1) is 16.7. The van der Waals surface area contributed by atoms with Crippen LogP contribution in [-0.4, -0.2) is 42.5 Å². The van der Waals surface area contributed by atoms with E-state index in [0.717, 1.165) is 22.0 Å². The number of hydrazone groups is 1. The van der Waals surface area contributed by atoms with Crippen LogP contribution >= 0.6 is 11.8 Å². The zero-order valence-corrected chi connectivity index (χ0v) is 19.4. The van der Waals surface area contributed by atoms with Crippen LogP contribution in [0.2, 0.25) is 0 Å². The Kier molecular flexibility index (Phi) is 6.14. The van der Waals surface area contributed by atoms with Gasteiger partial charge >= 0.3 is 0 Å². The molecule has 2 aromatic heterocycles. The second-order valence-corrected chi connectivity index (χ2v) is 8.69. The first-order valence-corrected chi connectivity index (χ1v) is 12.1. The van der Waals surface area contributed by atoms with Gasteiger partial charge in [0.05, 0.1) is 24.5 Å². The van der Waals surface area contributed by atoms with Crippen LogP contribution < -0.4 is 0 Å². The summed E-state index contributed by atoms with van der Waals surface area (Å²) in [4.78, 5) is 22.6. The fraction of sp³-hybridized carbons (Fsp3) is 0.154. The molecule has 3 heterocycles. The molecule has 0 aliphatic carbocycles. The average Bonchev–Trinajstić information content (AvgIpc) is 3.50. The lowest BCUT2D eigenvalue weighted by molar-refractivity contribution is 0.0698. The van der Waals surface area contributed by atoms with Crippen molar-refractivity contribution in [2.24, 2.45) is 5.10 Å². The predicted molar refractivity (Wildman–Crippen MR) is 132 cm³/mol. The highest BCUT2D eigenvalue weighted by atomic mass is 32.2. The molecule has 170 valence electrons. The van der Waals surface area contributed by atoms with Crippen molar-refractivity contribution in [1.82, 2.24) is 19.5 Å². The molecule has 0 radical (unpaired) electrons. The number of hydrogen-bond donors (Lipinski definition) is 1. The predicted octanol–water partition coefficient (Wildman–Crippen LogP) is 4.75. The maximum absolute atomic E-state index is 13.9. The Labute approximate surface area is 201 Å². The standard InChI is InChI=1S/C26H23N5O2S/c1-34-26-28-16-23(30(26)17-18-8-3-2-4-9-18)25(33)31-22(20-11-5-6-12-24(20)32)14-21(29-31)19-10-7-13-27-15-19/h2-13,15-16,22,32H,14,17H2,1H3. The Balaban J connectivity index is 1.56. The first-order valence-electron chi connectivity index (χ1n) is 10.9. The quantitative estimate of drug-likeness (QED) is 0.412. The van der Waals surface area contributed by atoms with Crippen LogP contribution in [0.1, 0.15) is 39.6 Å². The normalized spacial score (nSPS) is 15.4. The van der Waals surface area contributed by atoms with Crippen LogP contribution in [0.3, 0.4) is 0 Å². The van der Waals surface area contributed by atoms with E-state index in [1.807, 2.05) is 65.4 Å². The molecule has 4 aromatic rings. The summed E-state index contributed by atoms with van der Waals surface area (Å²) in [6, 6.07) is 20.4. The molecule has 0 fully saturated rings. The summed E-state index contributed by atoms with van der Waals surface area (Å²) >= 11 is 1.49. The van der Waals surface area contributed by atoms with E-state index in [1.54, 1.807) is 30.7 Å². The van der Waals surface area contributed by atoms with Crippen molar-refractivity contribution in [2.45, 2.75) is 24.2 Å². The highest BCUT2D eigenvalue weighted by Crippen LogP contribution is 2.38. The molecule has 0 spiro atoms. The van der Waals surface area contributed by atoms with Gasteiger partial charge in [-0.05, 0) is 24.0 Å². The van der Waals surface area contributed by atoms with Gasteiger partial charge in [-0.3, -0.25) is 9.78 Å². The van der Waals surface area contributed by atoms with Crippen molar-refractivity contribution < 1.29 is 9.90 Å². The molecule has 0 saturated heterocycles. The Hall–Kier alpha value is -3.91. The summed E-state index contributed by atoms with van der Waals surface area (Å²) in [5.41, 5.74) is 3.76. The minimum atomic E-state index is -0.443. The van der Waals surface area contributed by atoms with Gasteiger partial charge in [0, 0.05) is 29.9 Å². The van der Waals surface area contributed by atoms with E-state index in [4.69, 9.17) is 5.10 Å². The fourth-order valence-corrected chi connectivity index (χ4v) is 4.69. The van der Waals surface area contributed by atoms with Gasteiger partial charge in [0.15, 0.2) is 5.16 Å². The third-order valence-electron chi connectivity index (χ3n) is 5.81. The van der Waals surface area contributed by atoms with Gasteiger partial charge < -0.3 is 9.67 Å². The molecule has 1 amide bonds. The van der Waals surface area contributed by atoms with E-state index in [1.165, 1.54) is 16.8 Å². The summed E-state index contributed by atoms with van der Waals surface area (Å²) in [5, 5.41) is 17.5. The minimum absolute atomic E-state index is 0.135. The Morgan fingerprint density at radius 2 is 1.85 bits per heavy atom. The minimum Gasteiger partial charge on any atom is -0.508 e. The van der Waals surface area contributed by atoms with Crippen molar-refractivity contribution in [1.29, 1.82) is 0 Å². The van der Waals surface area contributed by atoms with Gasteiger partial charge in [-0.2, -0.15) is 5.10 Å². The molecule has 1 atom stereocenters. The Bertz CT molecular complexity index is 1340. The molecular formula is C26H23N5O2S. The van der Waals surface area contributed by atoms with E-state index in [0.29, 0.717) is 24.2 Å². The number of carbonyl (C=O) groups is 1. The number of para-hydroxylation sites is 1. The number of benzene rings is 2. The van der Waals surface area contributed by atoms with Crippen molar-refractivity contribution in [3.63, 3.8) is 0 Å². The molecule has 2 aromatic carbocycles. The largest absolute Gasteiger partial charge is 0.508 e. The van der Waals surface area contributed by atoms with Crippen LogP contribution in [0, 0.1) is 0 Å². The van der Waals surface area contributed by atoms with Gasteiger partial charge in [0.25, 0.3) is 5.91 Å².